The molecular formula is C59H109NO5. The average molecular weight is 913 g/mol. The van der Waals surface area contributed by atoms with Crippen molar-refractivity contribution in [2.75, 3.05) is 13.2 Å². The molecule has 0 bridgehead atoms. The largest absolute Gasteiger partial charge is 0.466 e. The smallest absolute Gasteiger partial charge is 0.305 e. The lowest BCUT2D eigenvalue weighted by Gasteiger charge is -2.22. The molecule has 0 aliphatic heterocycles. The van der Waals surface area contributed by atoms with Crippen LogP contribution < -0.4 is 5.32 Å². The van der Waals surface area contributed by atoms with Crippen molar-refractivity contribution in [1.29, 1.82) is 0 Å². The second-order valence-electron chi connectivity index (χ2n) is 19.3. The van der Waals surface area contributed by atoms with E-state index in [-0.39, 0.29) is 18.5 Å². The summed E-state index contributed by atoms with van der Waals surface area (Å²) in [4.78, 5) is 24.5. The molecule has 0 fully saturated rings. The van der Waals surface area contributed by atoms with Crippen molar-refractivity contribution in [2.45, 2.75) is 302 Å². The van der Waals surface area contributed by atoms with Crippen molar-refractivity contribution in [1.82, 2.24) is 5.32 Å². The van der Waals surface area contributed by atoms with Crippen LogP contribution in [0.15, 0.2) is 48.6 Å². The van der Waals surface area contributed by atoms with Gasteiger partial charge < -0.3 is 20.3 Å². The molecule has 0 aliphatic rings. The molecule has 0 spiro atoms. The van der Waals surface area contributed by atoms with Crippen LogP contribution in [0, 0.1) is 0 Å². The first-order chi connectivity index (χ1) is 32.0. The molecule has 0 saturated heterocycles. The van der Waals surface area contributed by atoms with Gasteiger partial charge in [-0.15, -0.1) is 0 Å². The number of esters is 1. The zero-order valence-corrected chi connectivity index (χ0v) is 43.2. The van der Waals surface area contributed by atoms with Crippen LogP contribution in [0.25, 0.3) is 0 Å². The zero-order valence-electron chi connectivity index (χ0n) is 43.2. The van der Waals surface area contributed by atoms with E-state index >= 15 is 0 Å². The van der Waals surface area contributed by atoms with Crippen LogP contribution in [0.2, 0.25) is 0 Å². The third kappa shape index (κ3) is 51.1. The summed E-state index contributed by atoms with van der Waals surface area (Å²) in [5.74, 6) is -0.0736. The van der Waals surface area contributed by atoms with Gasteiger partial charge in [0.15, 0.2) is 0 Å². The molecule has 2 unspecified atom stereocenters. The molecule has 2 atom stereocenters. The summed E-state index contributed by atoms with van der Waals surface area (Å²) >= 11 is 0. The number of aliphatic hydroxyl groups excluding tert-OH is 2. The molecule has 0 aromatic heterocycles. The van der Waals surface area contributed by atoms with E-state index in [1.807, 2.05) is 0 Å². The first kappa shape index (κ1) is 62.8. The van der Waals surface area contributed by atoms with Crippen LogP contribution in [0.4, 0.5) is 0 Å². The van der Waals surface area contributed by atoms with Crippen LogP contribution in [0.5, 0.6) is 0 Å². The highest BCUT2D eigenvalue weighted by Gasteiger charge is 2.20. The Balaban J connectivity index is 3.49. The monoisotopic (exact) mass is 912 g/mol. The van der Waals surface area contributed by atoms with E-state index in [0.717, 1.165) is 83.5 Å². The summed E-state index contributed by atoms with van der Waals surface area (Å²) in [7, 11) is 0. The van der Waals surface area contributed by atoms with Crippen LogP contribution in [0.3, 0.4) is 0 Å². The van der Waals surface area contributed by atoms with E-state index in [2.05, 4.69) is 67.8 Å². The van der Waals surface area contributed by atoms with Gasteiger partial charge in [0.1, 0.15) is 0 Å². The number of carbonyl (C=O) groups excluding carboxylic acids is 2. The molecule has 0 aliphatic carbocycles. The molecule has 65 heavy (non-hydrogen) atoms. The molecule has 0 aromatic rings. The van der Waals surface area contributed by atoms with Gasteiger partial charge in [-0.3, -0.25) is 9.59 Å². The molecule has 3 N–H and O–H groups in total. The van der Waals surface area contributed by atoms with Crippen LogP contribution in [-0.4, -0.2) is 47.4 Å². The van der Waals surface area contributed by atoms with Gasteiger partial charge in [-0.05, 0) is 83.5 Å². The zero-order chi connectivity index (χ0) is 47.2. The average Bonchev–Trinajstić information content (AvgIpc) is 3.31. The lowest BCUT2D eigenvalue weighted by atomic mass is 10.0. The molecule has 0 heterocycles. The summed E-state index contributed by atoms with van der Waals surface area (Å²) < 4.78 is 5.44. The number of carbonyl (C=O) groups is 2. The molecule has 0 saturated carbocycles. The Morgan fingerprint density at radius 3 is 1.31 bits per heavy atom. The Labute approximate surface area is 404 Å². The highest BCUT2D eigenvalue weighted by molar-refractivity contribution is 5.76. The van der Waals surface area contributed by atoms with Crippen molar-refractivity contribution in [2.24, 2.45) is 0 Å². The molecule has 0 rings (SSSR count). The van der Waals surface area contributed by atoms with Gasteiger partial charge in [0.25, 0.3) is 0 Å². The maximum atomic E-state index is 12.5. The number of rotatable bonds is 52. The summed E-state index contributed by atoms with van der Waals surface area (Å²) in [5, 5.41) is 23.3. The third-order valence-corrected chi connectivity index (χ3v) is 12.9. The minimum atomic E-state index is -0.672. The minimum Gasteiger partial charge on any atom is -0.466 e. The van der Waals surface area contributed by atoms with Crippen molar-refractivity contribution < 1.29 is 24.5 Å². The van der Waals surface area contributed by atoms with Crippen LogP contribution in [0.1, 0.15) is 290 Å². The molecule has 6 heteroatoms. The van der Waals surface area contributed by atoms with Crippen molar-refractivity contribution >= 4 is 11.9 Å². The summed E-state index contributed by atoms with van der Waals surface area (Å²) in [6.07, 6.45) is 68.1. The Bertz CT molecular complexity index is 1100. The van der Waals surface area contributed by atoms with E-state index in [4.69, 9.17) is 4.74 Å². The number of amides is 1. The topological polar surface area (TPSA) is 95.9 Å². The number of unbranched alkanes of at least 4 members (excludes halogenated alkanes) is 34. The normalized spacial score (nSPS) is 13.0. The van der Waals surface area contributed by atoms with E-state index in [1.54, 1.807) is 0 Å². The molecule has 6 nitrogen and oxygen atoms in total. The molecule has 380 valence electrons. The predicted molar refractivity (Wildman–Crippen MR) is 282 cm³/mol. The van der Waals surface area contributed by atoms with Crippen molar-refractivity contribution in [3.05, 3.63) is 48.6 Å². The Kier molecular flexibility index (Phi) is 52.6. The number of hydrogen-bond acceptors (Lipinski definition) is 5. The number of ether oxygens (including phenoxy) is 1. The number of hydrogen-bond donors (Lipinski definition) is 3. The van der Waals surface area contributed by atoms with Crippen LogP contribution in [-0.2, 0) is 14.3 Å². The fourth-order valence-corrected chi connectivity index (χ4v) is 8.47. The Hall–Kier alpha value is -2.18. The second kappa shape index (κ2) is 54.4. The molecule has 0 aromatic carbocycles. The van der Waals surface area contributed by atoms with E-state index in [1.165, 1.54) is 173 Å². The fourth-order valence-electron chi connectivity index (χ4n) is 8.47. The third-order valence-electron chi connectivity index (χ3n) is 12.9. The Morgan fingerprint density at radius 1 is 0.446 bits per heavy atom. The van der Waals surface area contributed by atoms with Crippen LogP contribution >= 0.6 is 0 Å². The predicted octanol–water partition coefficient (Wildman–Crippen LogP) is 17.4. The highest BCUT2D eigenvalue weighted by atomic mass is 16.5. The van der Waals surface area contributed by atoms with Gasteiger partial charge in [0.2, 0.25) is 5.91 Å². The summed E-state index contributed by atoms with van der Waals surface area (Å²) in [6.45, 7) is 4.86. The van der Waals surface area contributed by atoms with E-state index in [0.29, 0.717) is 25.9 Å². The lowest BCUT2D eigenvalue weighted by Crippen LogP contribution is -2.45. The van der Waals surface area contributed by atoms with Gasteiger partial charge in [0.05, 0.1) is 25.4 Å². The van der Waals surface area contributed by atoms with Gasteiger partial charge >= 0.3 is 5.97 Å². The number of aliphatic hydroxyl groups is 2. The molecule has 1 amide bonds. The maximum absolute atomic E-state index is 12.5. The summed E-state index contributed by atoms with van der Waals surface area (Å²) in [5.41, 5.74) is 0. The lowest BCUT2D eigenvalue weighted by molar-refractivity contribution is -0.143. The van der Waals surface area contributed by atoms with Crippen molar-refractivity contribution in [3.63, 3.8) is 0 Å². The molecular weight excluding hydrogens is 803 g/mol. The quantitative estimate of drug-likeness (QED) is 0.0245. The van der Waals surface area contributed by atoms with Gasteiger partial charge in [-0.25, -0.2) is 0 Å². The first-order valence-electron chi connectivity index (χ1n) is 28.4. The SMILES string of the molecule is CCCC/C=C\C/C=C\CCCCCCCC(=O)OCCCCC/C=C\C=C/CCCCCCCCCCCCC(=O)NC(CO)C(O)CCCCCCCCCCCCCCCCC. The standard InChI is InChI=1S/C59H109NO5/c1-3-5-7-9-11-13-15-17-24-27-31-35-39-43-47-51-57(62)56(55-61)60-58(63)52-48-44-40-36-32-28-25-22-20-19-21-23-26-30-34-38-42-46-50-54-65-59(64)53-49-45-41-37-33-29-18-16-14-12-10-8-6-4-2/h10,12,16,18,23,26,30,34,56-57,61-62H,3-9,11,13-15,17,19-22,24-25,27-29,31-33,35-55H2,1-2H3,(H,60,63)/b12-10-,18-16-,26-23-,34-30-. The second-order valence-corrected chi connectivity index (χ2v) is 19.3. The Morgan fingerprint density at radius 2 is 0.831 bits per heavy atom. The van der Waals surface area contributed by atoms with Crippen molar-refractivity contribution in [3.8, 4) is 0 Å². The first-order valence-corrected chi connectivity index (χ1v) is 28.4. The van der Waals surface area contributed by atoms with E-state index < -0.39 is 12.1 Å². The van der Waals surface area contributed by atoms with E-state index in [9.17, 15) is 19.8 Å². The summed E-state index contributed by atoms with van der Waals surface area (Å²) in [6, 6.07) is -0.550. The number of allylic oxidation sites excluding steroid dienone is 8. The number of nitrogens with one attached hydrogen (secondary N) is 1. The molecule has 0 radical (unpaired) electrons. The highest BCUT2D eigenvalue weighted by Crippen LogP contribution is 2.16. The fraction of sp³-hybridized carbons (Fsp3) is 0.831. The minimum absolute atomic E-state index is 0.0284. The maximum Gasteiger partial charge on any atom is 0.305 e. The van der Waals surface area contributed by atoms with Gasteiger partial charge in [-0.2, -0.15) is 0 Å². The van der Waals surface area contributed by atoms with Gasteiger partial charge in [-0.1, -0.05) is 242 Å². The van der Waals surface area contributed by atoms with Gasteiger partial charge in [0, 0.05) is 12.8 Å².